The van der Waals surface area contributed by atoms with Crippen molar-refractivity contribution in [1.29, 1.82) is 0 Å². The Kier molecular flexibility index (Phi) is 6.46. The van der Waals surface area contributed by atoms with Gasteiger partial charge in [0.25, 0.3) is 0 Å². The third-order valence-corrected chi connectivity index (χ3v) is 5.47. The molecule has 19 heavy (non-hydrogen) atoms. The largest absolute Gasteiger partial charge is 0.316 e. The lowest BCUT2D eigenvalue weighted by Gasteiger charge is -2.16. The van der Waals surface area contributed by atoms with Crippen LogP contribution in [0.5, 0.6) is 0 Å². The summed E-state index contributed by atoms with van der Waals surface area (Å²) < 4.78 is 27.9. The molecule has 0 saturated heterocycles. The number of benzene rings is 1. The molecular formula is C13H21BrN2O2S. The minimum Gasteiger partial charge on any atom is -0.316 e. The first-order valence-corrected chi connectivity index (χ1v) is 8.67. The molecule has 2 N–H and O–H groups in total. The Balaban J connectivity index is 3.01. The van der Waals surface area contributed by atoms with Gasteiger partial charge in [0.15, 0.2) is 0 Å². The quantitative estimate of drug-likeness (QED) is 0.796. The van der Waals surface area contributed by atoms with Crippen LogP contribution in [0.2, 0.25) is 0 Å². The summed E-state index contributed by atoms with van der Waals surface area (Å²) in [7, 11) is -1.61. The van der Waals surface area contributed by atoms with Crippen molar-refractivity contribution in [2.45, 2.75) is 44.2 Å². The molecular weight excluding hydrogens is 328 g/mol. The Labute approximate surface area is 124 Å². The topological polar surface area (TPSA) is 58.2 Å². The Bertz CT molecular complexity index is 513. The highest BCUT2D eigenvalue weighted by molar-refractivity contribution is 9.10. The standard InChI is InChI=1S/C13H21BrN2O2S/c1-4-11(5-2)16-19(17,18)13-7-6-10(9-15-3)8-12(13)14/h6-8,11,15-16H,4-5,9H2,1-3H3. The maximum atomic E-state index is 12.3. The first-order chi connectivity index (χ1) is 8.94. The molecule has 0 spiro atoms. The van der Waals surface area contributed by atoms with E-state index < -0.39 is 10.0 Å². The van der Waals surface area contributed by atoms with Crippen molar-refractivity contribution in [3.05, 3.63) is 28.2 Å². The summed E-state index contributed by atoms with van der Waals surface area (Å²) >= 11 is 3.34. The second kappa shape index (κ2) is 7.38. The lowest BCUT2D eigenvalue weighted by atomic mass is 10.2. The van der Waals surface area contributed by atoms with Crippen LogP contribution in [0.15, 0.2) is 27.6 Å². The summed E-state index contributed by atoms with van der Waals surface area (Å²) in [5, 5.41) is 3.03. The molecule has 0 radical (unpaired) electrons. The molecule has 0 unspecified atom stereocenters. The zero-order chi connectivity index (χ0) is 14.5. The van der Waals surface area contributed by atoms with Crippen LogP contribution in [0.3, 0.4) is 0 Å². The van der Waals surface area contributed by atoms with Gasteiger partial charge >= 0.3 is 0 Å². The minimum atomic E-state index is -3.46. The zero-order valence-corrected chi connectivity index (χ0v) is 13.9. The van der Waals surface area contributed by atoms with Crippen molar-refractivity contribution in [3.8, 4) is 0 Å². The monoisotopic (exact) mass is 348 g/mol. The summed E-state index contributed by atoms with van der Waals surface area (Å²) in [4.78, 5) is 0.291. The molecule has 6 heteroatoms. The van der Waals surface area contributed by atoms with E-state index in [1.54, 1.807) is 6.07 Å². The van der Waals surface area contributed by atoms with Crippen molar-refractivity contribution in [1.82, 2.24) is 10.0 Å². The van der Waals surface area contributed by atoms with Crippen LogP contribution < -0.4 is 10.0 Å². The van der Waals surface area contributed by atoms with E-state index in [-0.39, 0.29) is 6.04 Å². The van der Waals surface area contributed by atoms with Crippen LogP contribution in [-0.4, -0.2) is 21.5 Å². The predicted octanol–water partition coefficient (Wildman–Crippen LogP) is 2.64. The molecule has 108 valence electrons. The Morgan fingerprint density at radius 2 is 1.89 bits per heavy atom. The summed E-state index contributed by atoms with van der Waals surface area (Å²) in [6, 6.07) is 5.27. The molecule has 1 aromatic carbocycles. The Hall–Kier alpha value is -0.430. The molecule has 0 bridgehead atoms. The third kappa shape index (κ3) is 4.56. The second-order valence-corrected chi connectivity index (χ2v) is 6.97. The van der Waals surface area contributed by atoms with E-state index in [1.165, 1.54) is 0 Å². The molecule has 0 aliphatic heterocycles. The van der Waals surface area contributed by atoms with Crippen molar-refractivity contribution >= 4 is 26.0 Å². The highest BCUT2D eigenvalue weighted by Gasteiger charge is 2.20. The van der Waals surface area contributed by atoms with Crippen molar-refractivity contribution < 1.29 is 8.42 Å². The van der Waals surface area contributed by atoms with Gasteiger partial charge < -0.3 is 5.32 Å². The minimum absolute atomic E-state index is 0.0196. The molecule has 0 amide bonds. The number of sulfonamides is 1. The van der Waals surface area contributed by atoms with Gasteiger partial charge in [0.1, 0.15) is 0 Å². The van der Waals surface area contributed by atoms with E-state index in [0.717, 1.165) is 18.4 Å². The lowest BCUT2D eigenvalue weighted by Crippen LogP contribution is -2.34. The number of halogens is 1. The molecule has 0 fully saturated rings. The first-order valence-electron chi connectivity index (χ1n) is 6.40. The van der Waals surface area contributed by atoms with Gasteiger partial charge in [-0.2, -0.15) is 0 Å². The predicted molar refractivity (Wildman–Crippen MR) is 81.6 cm³/mol. The van der Waals surface area contributed by atoms with Gasteiger partial charge in [0.2, 0.25) is 10.0 Å². The van der Waals surface area contributed by atoms with E-state index in [9.17, 15) is 8.42 Å². The van der Waals surface area contributed by atoms with Gasteiger partial charge in [-0.3, -0.25) is 0 Å². The molecule has 0 aliphatic rings. The fourth-order valence-electron chi connectivity index (χ4n) is 1.81. The molecule has 0 saturated carbocycles. The van der Waals surface area contributed by atoms with Crippen LogP contribution in [0.1, 0.15) is 32.3 Å². The van der Waals surface area contributed by atoms with Crippen molar-refractivity contribution in [3.63, 3.8) is 0 Å². The molecule has 0 aromatic heterocycles. The number of hydrogen-bond donors (Lipinski definition) is 2. The van der Waals surface area contributed by atoms with Crippen LogP contribution in [0.25, 0.3) is 0 Å². The average molecular weight is 349 g/mol. The summed E-state index contributed by atoms with van der Waals surface area (Å²) in [5.41, 5.74) is 1.04. The highest BCUT2D eigenvalue weighted by atomic mass is 79.9. The van der Waals surface area contributed by atoms with Crippen molar-refractivity contribution in [2.24, 2.45) is 0 Å². The van der Waals surface area contributed by atoms with Crippen LogP contribution in [-0.2, 0) is 16.6 Å². The fourth-order valence-corrected chi connectivity index (χ4v) is 4.34. The van der Waals surface area contributed by atoms with E-state index in [2.05, 4.69) is 26.0 Å². The van der Waals surface area contributed by atoms with E-state index in [1.807, 2.05) is 33.0 Å². The van der Waals surface area contributed by atoms with Gasteiger partial charge in [-0.25, -0.2) is 13.1 Å². The Morgan fingerprint density at radius 1 is 1.26 bits per heavy atom. The number of nitrogens with one attached hydrogen (secondary N) is 2. The van der Waals surface area contributed by atoms with E-state index >= 15 is 0 Å². The van der Waals surface area contributed by atoms with Gasteiger partial charge in [-0.15, -0.1) is 0 Å². The molecule has 0 atom stereocenters. The molecule has 1 rings (SSSR count). The van der Waals surface area contributed by atoms with Crippen molar-refractivity contribution in [2.75, 3.05) is 7.05 Å². The zero-order valence-electron chi connectivity index (χ0n) is 11.5. The number of hydrogen-bond acceptors (Lipinski definition) is 3. The van der Waals surface area contributed by atoms with E-state index in [0.29, 0.717) is 15.9 Å². The van der Waals surface area contributed by atoms with E-state index in [4.69, 9.17) is 0 Å². The molecule has 4 nitrogen and oxygen atoms in total. The average Bonchev–Trinajstić information content (AvgIpc) is 2.36. The third-order valence-electron chi connectivity index (χ3n) is 2.97. The summed E-state index contributed by atoms with van der Waals surface area (Å²) in [5.74, 6) is 0. The van der Waals surface area contributed by atoms with Crippen LogP contribution in [0, 0.1) is 0 Å². The fraction of sp³-hybridized carbons (Fsp3) is 0.538. The van der Waals surface area contributed by atoms with Gasteiger partial charge in [0, 0.05) is 17.1 Å². The summed E-state index contributed by atoms with van der Waals surface area (Å²) in [6.45, 7) is 4.66. The maximum Gasteiger partial charge on any atom is 0.241 e. The van der Waals surface area contributed by atoms with Crippen LogP contribution in [0.4, 0.5) is 0 Å². The second-order valence-electron chi connectivity index (χ2n) is 4.43. The normalized spacial score (nSPS) is 12.1. The van der Waals surface area contributed by atoms with Gasteiger partial charge in [0.05, 0.1) is 4.90 Å². The highest BCUT2D eigenvalue weighted by Crippen LogP contribution is 2.23. The molecule has 0 heterocycles. The maximum absolute atomic E-state index is 12.3. The molecule has 0 aliphatic carbocycles. The van der Waals surface area contributed by atoms with Gasteiger partial charge in [-0.05, 0) is 53.5 Å². The number of rotatable bonds is 7. The summed E-state index contributed by atoms with van der Waals surface area (Å²) in [6.07, 6.45) is 1.57. The SMILES string of the molecule is CCC(CC)NS(=O)(=O)c1ccc(CNC)cc1Br. The smallest absolute Gasteiger partial charge is 0.241 e. The Morgan fingerprint density at radius 3 is 2.37 bits per heavy atom. The lowest BCUT2D eigenvalue weighted by molar-refractivity contribution is 0.530. The molecule has 1 aromatic rings. The van der Waals surface area contributed by atoms with Crippen LogP contribution >= 0.6 is 15.9 Å². The van der Waals surface area contributed by atoms with Gasteiger partial charge in [-0.1, -0.05) is 19.9 Å². The first kappa shape index (κ1) is 16.6.